The van der Waals surface area contributed by atoms with E-state index < -0.39 is 0 Å². The van der Waals surface area contributed by atoms with Crippen molar-refractivity contribution in [1.29, 1.82) is 0 Å². The minimum atomic E-state index is 0.131. The molecule has 2 N–H and O–H groups in total. The summed E-state index contributed by atoms with van der Waals surface area (Å²) in [4.78, 5) is 15.1. The van der Waals surface area contributed by atoms with Crippen LogP contribution in [0.2, 0.25) is 5.02 Å². The first kappa shape index (κ1) is 14.7. The molecule has 0 aromatic heterocycles. The van der Waals surface area contributed by atoms with Gasteiger partial charge in [-0.15, -0.1) is 11.8 Å². The highest BCUT2D eigenvalue weighted by molar-refractivity contribution is 8.00. The summed E-state index contributed by atoms with van der Waals surface area (Å²) in [7, 11) is 0. The van der Waals surface area contributed by atoms with Gasteiger partial charge < -0.3 is 10.6 Å². The maximum atomic E-state index is 12.2. The van der Waals surface area contributed by atoms with E-state index in [-0.39, 0.29) is 11.9 Å². The van der Waals surface area contributed by atoms with Crippen LogP contribution in [0.4, 0.5) is 0 Å². The van der Waals surface area contributed by atoms with Crippen LogP contribution in [0.15, 0.2) is 41.3 Å². The van der Waals surface area contributed by atoms with Crippen LogP contribution in [0.25, 0.3) is 10.8 Å². The number of fused-ring (bicyclic) bond motifs is 1. The van der Waals surface area contributed by atoms with Crippen molar-refractivity contribution in [3.63, 3.8) is 0 Å². The summed E-state index contributed by atoms with van der Waals surface area (Å²) in [6.45, 7) is 1.45. The minimum absolute atomic E-state index is 0.131. The van der Waals surface area contributed by atoms with E-state index in [0.29, 0.717) is 12.3 Å². The predicted molar refractivity (Wildman–Crippen MR) is 88.9 cm³/mol. The number of carbonyl (C=O) groups excluding carboxylic acids is 1. The third kappa shape index (κ3) is 3.18. The SMILES string of the molecule is N[C@@H]1CCN(C(=O)CSc2cccc3cccc(Cl)c23)C1. The van der Waals surface area contributed by atoms with Gasteiger partial charge >= 0.3 is 0 Å². The van der Waals surface area contributed by atoms with E-state index in [1.54, 1.807) is 11.8 Å². The molecule has 3 rings (SSSR count). The zero-order chi connectivity index (χ0) is 14.8. The van der Waals surface area contributed by atoms with Crippen LogP contribution in [0.5, 0.6) is 0 Å². The molecule has 1 aliphatic rings. The Bertz CT molecular complexity index is 671. The maximum absolute atomic E-state index is 12.2. The van der Waals surface area contributed by atoms with Crippen LogP contribution in [-0.4, -0.2) is 35.7 Å². The lowest BCUT2D eigenvalue weighted by Crippen LogP contribution is -2.33. The van der Waals surface area contributed by atoms with Crippen LogP contribution in [-0.2, 0) is 4.79 Å². The van der Waals surface area contributed by atoms with Gasteiger partial charge in [0.25, 0.3) is 0 Å². The normalized spacial score (nSPS) is 18.4. The van der Waals surface area contributed by atoms with Crippen LogP contribution < -0.4 is 5.73 Å². The van der Waals surface area contributed by atoms with Crippen molar-refractivity contribution in [1.82, 2.24) is 4.90 Å². The van der Waals surface area contributed by atoms with Crippen LogP contribution in [0.3, 0.4) is 0 Å². The molecule has 1 fully saturated rings. The molecule has 1 saturated heterocycles. The standard InChI is InChI=1S/C16H17ClN2OS/c17-13-5-1-3-11-4-2-6-14(16(11)13)21-10-15(20)19-8-7-12(18)9-19/h1-6,12H,7-10,18H2/t12-/m1/s1. The fourth-order valence-electron chi connectivity index (χ4n) is 2.63. The molecule has 0 radical (unpaired) electrons. The van der Waals surface area contributed by atoms with Gasteiger partial charge in [0.05, 0.1) is 5.75 Å². The number of halogens is 1. The molecular formula is C16H17ClN2OS. The molecule has 0 aliphatic carbocycles. The van der Waals surface area contributed by atoms with Gasteiger partial charge in [-0.1, -0.05) is 35.9 Å². The zero-order valence-corrected chi connectivity index (χ0v) is 13.2. The highest BCUT2D eigenvalue weighted by Gasteiger charge is 2.23. The van der Waals surface area contributed by atoms with Gasteiger partial charge in [-0.25, -0.2) is 0 Å². The van der Waals surface area contributed by atoms with Crippen molar-refractivity contribution in [2.75, 3.05) is 18.8 Å². The second kappa shape index (κ2) is 6.26. The summed E-state index contributed by atoms with van der Waals surface area (Å²) in [5.74, 6) is 0.578. The van der Waals surface area contributed by atoms with Crippen molar-refractivity contribution < 1.29 is 4.79 Å². The monoisotopic (exact) mass is 320 g/mol. The molecule has 1 heterocycles. The van der Waals surface area contributed by atoms with Gasteiger partial charge in [-0.05, 0) is 23.9 Å². The van der Waals surface area contributed by atoms with Crippen LogP contribution >= 0.6 is 23.4 Å². The van der Waals surface area contributed by atoms with Gasteiger partial charge in [-0.2, -0.15) is 0 Å². The number of hydrogen-bond donors (Lipinski definition) is 1. The Labute approximate surface area is 133 Å². The molecule has 110 valence electrons. The van der Waals surface area contributed by atoms with Crippen LogP contribution in [0.1, 0.15) is 6.42 Å². The molecule has 2 aromatic rings. The Kier molecular flexibility index (Phi) is 4.38. The second-order valence-corrected chi connectivity index (χ2v) is 6.70. The number of rotatable bonds is 3. The van der Waals surface area contributed by atoms with Gasteiger partial charge in [0.1, 0.15) is 0 Å². The summed E-state index contributed by atoms with van der Waals surface area (Å²) >= 11 is 7.84. The smallest absolute Gasteiger partial charge is 0.232 e. The van der Waals surface area contributed by atoms with E-state index in [9.17, 15) is 4.79 Å². The third-order valence-corrected chi connectivity index (χ3v) is 5.10. The van der Waals surface area contributed by atoms with Crippen LogP contribution in [0, 0.1) is 0 Å². The molecule has 1 aliphatic heterocycles. The number of nitrogens with zero attached hydrogens (tertiary/aromatic N) is 1. The van der Waals surface area contributed by atoms with Crippen molar-refractivity contribution in [2.45, 2.75) is 17.4 Å². The number of benzene rings is 2. The first-order valence-electron chi connectivity index (χ1n) is 6.98. The van der Waals surface area contributed by atoms with E-state index >= 15 is 0 Å². The molecule has 0 bridgehead atoms. The topological polar surface area (TPSA) is 46.3 Å². The number of amides is 1. The Morgan fingerprint density at radius 1 is 1.33 bits per heavy atom. The zero-order valence-electron chi connectivity index (χ0n) is 11.6. The molecule has 21 heavy (non-hydrogen) atoms. The van der Waals surface area contributed by atoms with Crippen molar-refractivity contribution in [3.05, 3.63) is 41.4 Å². The number of carbonyl (C=O) groups is 1. The summed E-state index contributed by atoms with van der Waals surface area (Å²) in [5, 5.41) is 2.85. The molecule has 5 heteroatoms. The Morgan fingerprint density at radius 3 is 2.81 bits per heavy atom. The Morgan fingerprint density at radius 2 is 2.10 bits per heavy atom. The second-order valence-electron chi connectivity index (χ2n) is 5.27. The van der Waals surface area contributed by atoms with Gasteiger partial charge in [0.2, 0.25) is 5.91 Å². The summed E-state index contributed by atoms with van der Waals surface area (Å²) < 4.78 is 0. The lowest BCUT2D eigenvalue weighted by atomic mass is 10.1. The van der Waals surface area contributed by atoms with E-state index in [4.69, 9.17) is 17.3 Å². The van der Waals surface area contributed by atoms with Crippen molar-refractivity contribution in [2.24, 2.45) is 5.73 Å². The first-order chi connectivity index (χ1) is 10.1. The maximum Gasteiger partial charge on any atom is 0.232 e. The van der Waals surface area contributed by atoms with Crippen molar-refractivity contribution >= 4 is 40.0 Å². The fourth-order valence-corrected chi connectivity index (χ4v) is 3.98. The number of likely N-dealkylation sites (tertiary alicyclic amines) is 1. The number of thioether (sulfide) groups is 1. The average molecular weight is 321 g/mol. The van der Waals surface area contributed by atoms with Gasteiger partial charge in [0, 0.05) is 34.4 Å². The summed E-state index contributed by atoms with van der Waals surface area (Å²) in [6.07, 6.45) is 0.899. The Balaban J connectivity index is 1.75. The Hall–Kier alpha value is -1.23. The van der Waals surface area contributed by atoms with E-state index in [1.165, 1.54) is 0 Å². The molecule has 1 amide bonds. The largest absolute Gasteiger partial charge is 0.340 e. The molecule has 1 atom stereocenters. The predicted octanol–water partition coefficient (Wildman–Crippen LogP) is 3.14. The van der Waals surface area contributed by atoms with E-state index in [0.717, 1.165) is 33.7 Å². The third-order valence-electron chi connectivity index (χ3n) is 3.74. The number of nitrogens with two attached hydrogens (primary N) is 1. The summed E-state index contributed by atoms with van der Waals surface area (Å²) in [6, 6.07) is 12.0. The highest BCUT2D eigenvalue weighted by atomic mass is 35.5. The molecular weight excluding hydrogens is 304 g/mol. The quantitative estimate of drug-likeness (QED) is 0.884. The van der Waals surface area contributed by atoms with Gasteiger partial charge in [0.15, 0.2) is 0 Å². The lowest BCUT2D eigenvalue weighted by molar-refractivity contribution is -0.127. The molecule has 0 spiro atoms. The molecule has 2 aromatic carbocycles. The highest BCUT2D eigenvalue weighted by Crippen LogP contribution is 2.33. The van der Waals surface area contributed by atoms with E-state index in [2.05, 4.69) is 0 Å². The fraction of sp³-hybridized carbons (Fsp3) is 0.312. The molecule has 3 nitrogen and oxygen atoms in total. The van der Waals surface area contributed by atoms with E-state index in [1.807, 2.05) is 41.3 Å². The number of hydrogen-bond acceptors (Lipinski definition) is 3. The summed E-state index contributed by atoms with van der Waals surface area (Å²) in [5.41, 5.74) is 5.85. The first-order valence-corrected chi connectivity index (χ1v) is 8.35. The van der Waals surface area contributed by atoms with Gasteiger partial charge in [-0.3, -0.25) is 4.79 Å². The molecule has 0 saturated carbocycles. The minimum Gasteiger partial charge on any atom is -0.340 e. The average Bonchev–Trinajstić information content (AvgIpc) is 2.91. The van der Waals surface area contributed by atoms with Crippen molar-refractivity contribution in [3.8, 4) is 0 Å². The lowest BCUT2D eigenvalue weighted by Gasteiger charge is -2.16. The molecule has 0 unspecified atom stereocenters.